The maximum absolute atomic E-state index is 12.1. The molecular weight excluding hydrogens is 502 g/mol. The van der Waals surface area contributed by atoms with Crippen LogP contribution >= 0.6 is 0 Å². The molecule has 2 aromatic carbocycles. The average molecular weight is 542 g/mol. The van der Waals surface area contributed by atoms with Gasteiger partial charge in [0.15, 0.2) is 0 Å². The van der Waals surface area contributed by atoms with Gasteiger partial charge in [-0.1, -0.05) is 0 Å². The highest BCUT2D eigenvalue weighted by Crippen LogP contribution is 2.24. The lowest BCUT2D eigenvalue weighted by atomic mass is 10.1. The molecule has 2 fully saturated rings. The van der Waals surface area contributed by atoms with Crippen LogP contribution in [0, 0.1) is 0 Å². The van der Waals surface area contributed by atoms with Crippen LogP contribution in [-0.2, 0) is 19.1 Å². The van der Waals surface area contributed by atoms with E-state index in [1.54, 1.807) is 0 Å². The maximum atomic E-state index is 12.1. The Kier molecular flexibility index (Phi) is 10.4. The second-order valence-electron chi connectivity index (χ2n) is 9.86. The molecule has 4 rings (SSSR count). The number of nitrogens with one attached hydrogen (secondary N) is 1. The van der Waals surface area contributed by atoms with Gasteiger partial charge in [-0.3, -0.25) is 19.4 Å². The number of anilines is 4. The van der Waals surface area contributed by atoms with Crippen LogP contribution in [0.4, 0.5) is 22.7 Å². The molecule has 0 spiro atoms. The summed E-state index contributed by atoms with van der Waals surface area (Å²) in [5.41, 5.74) is 9.20. The third-order valence-electron chi connectivity index (χ3n) is 7.32. The quantitative estimate of drug-likeness (QED) is 0.277. The number of carbonyl (C=O) groups is 2. The standard InChI is InChI=1S/C28H39N5O6/c29-21-1-3-22(4-2-21)30-23-5-7-24(8-6-23)31(11-9-25(27(34)35)32-13-17-38-18-14-32)12-10-26(28(36)37)33-15-19-39-20-16-33/h1-8,25-26,30H,9-20,29H2,(H,34,35)(H,36,37). The fourth-order valence-corrected chi connectivity index (χ4v) is 5.12. The largest absolute Gasteiger partial charge is 0.480 e. The molecule has 2 aliphatic heterocycles. The van der Waals surface area contributed by atoms with Gasteiger partial charge in [-0.05, 0) is 61.4 Å². The van der Waals surface area contributed by atoms with Gasteiger partial charge in [0.2, 0.25) is 0 Å². The first-order valence-corrected chi connectivity index (χ1v) is 13.5. The van der Waals surface area contributed by atoms with Crippen LogP contribution in [0.15, 0.2) is 48.5 Å². The summed E-state index contributed by atoms with van der Waals surface area (Å²) in [6.07, 6.45) is 0.826. The summed E-state index contributed by atoms with van der Waals surface area (Å²) in [4.78, 5) is 30.3. The summed E-state index contributed by atoms with van der Waals surface area (Å²) in [5, 5.41) is 23.2. The zero-order valence-corrected chi connectivity index (χ0v) is 22.2. The van der Waals surface area contributed by atoms with Crippen molar-refractivity contribution in [3.63, 3.8) is 0 Å². The summed E-state index contributed by atoms with van der Waals surface area (Å²) in [6.45, 7) is 5.39. The van der Waals surface area contributed by atoms with Crippen LogP contribution in [0.5, 0.6) is 0 Å². The van der Waals surface area contributed by atoms with Gasteiger partial charge in [0, 0.05) is 62.0 Å². The molecular formula is C28H39N5O6. The molecule has 212 valence electrons. The third-order valence-corrected chi connectivity index (χ3v) is 7.32. The molecule has 0 aliphatic carbocycles. The Labute approximate surface area is 229 Å². The molecule has 11 nitrogen and oxygen atoms in total. The second kappa shape index (κ2) is 14.1. The number of carboxylic acid groups (broad SMARTS) is 2. The predicted octanol–water partition coefficient (Wildman–Crippen LogP) is 2.17. The van der Waals surface area contributed by atoms with Crippen LogP contribution in [0.2, 0.25) is 0 Å². The number of nitrogens with two attached hydrogens (primary N) is 1. The van der Waals surface area contributed by atoms with Crippen molar-refractivity contribution in [2.45, 2.75) is 24.9 Å². The summed E-state index contributed by atoms with van der Waals surface area (Å²) >= 11 is 0. The molecule has 2 heterocycles. The number of hydrogen-bond acceptors (Lipinski definition) is 9. The lowest BCUT2D eigenvalue weighted by Crippen LogP contribution is -2.50. The predicted molar refractivity (Wildman–Crippen MR) is 150 cm³/mol. The number of nitrogens with zero attached hydrogens (tertiary/aromatic N) is 3. The van der Waals surface area contributed by atoms with E-state index >= 15 is 0 Å². The molecule has 2 aliphatic rings. The summed E-state index contributed by atoms with van der Waals surface area (Å²) in [5.74, 6) is -1.70. The van der Waals surface area contributed by atoms with Gasteiger partial charge in [0.25, 0.3) is 0 Å². The van der Waals surface area contributed by atoms with E-state index in [0.717, 1.165) is 17.1 Å². The summed E-state index contributed by atoms with van der Waals surface area (Å²) < 4.78 is 10.8. The first kappa shape index (κ1) is 28.6. The number of nitrogen functional groups attached to an aromatic ring is 1. The zero-order valence-electron chi connectivity index (χ0n) is 22.2. The SMILES string of the molecule is Nc1ccc(Nc2ccc(N(CCC(C(=O)O)N3CCOCC3)CCC(C(=O)O)N3CCOCC3)cc2)cc1. The van der Waals surface area contributed by atoms with Crippen LogP contribution < -0.4 is 16.0 Å². The molecule has 0 saturated carbocycles. The Morgan fingerprint density at radius 3 is 1.59 bits per heavy atom. The minimum absolute atomic E-state index is 0.413. The lowest BCUT2D eigenvalue weighted by Gasteiger charge is -2.35. The first-order chi connectivity index (χ1) is 18.9. The third kappa shape index (κ3) is 8.30. The number of benzene rings is 2. The normalized spacial score (nSPS) is 18.3. The van der Waals surface area contributed by atoms with Crippen molar-refractivity contribution in [2.24, 2.45) is 0 Å². The van der Waals surface area contributed by atoms with E-state index in [0.29, 0.717) is 84.2 Å². The maximum Gasteiger partial charge on any atom is 0.320 e. The fraction of sp³-hybridized carbons (Fsp3) is 0.500. The van der Waals surface area contributed by atoms with E-state index in [9.17, 15) is 19.8 Å². The van der Waals surface area contributed by atoms with Gasteiger partial charge < -0.3 is 35.6 Å². The van der Waals surface area contributed by atoms with Gasteiger partial charge in [0.1, 0.15) is 12.1 Å². The van der Waals surface area contributed by atoms with Crippen molar-refractivity contribution in [3.8, 4) is 0 Å². The Morgan fingerprint density at radius 2 is 1.18 bits per heavy atom. The highest BCUT2D eigenvalue weighted by atomic mass is 16.5. The molecule has 0 aromatic heterocycles. The van der Waals surface area contributed by atoms with Crippen molar-refractivity contribution in [2.75, 3.05) is 81.6 Å². The van der Waals surface area contributed by atoms with Crippen LogP contribution in [-0.4, -0.2) is 110 Å². The van der Waals surface area contributed by atoms with Gasteiger partial charge in [-0.25, -0.2) is 0 Å². The molecule has 11 heteroatoms. The summed E-state index contributed by atoms with van der Waals surface area (Å²) in [6, 6.07) is 14.1. The molecule has 2 atom stereocenters. The number of carboxylic acids is 2. The Balaban J connectivity index is 1.47. The topological polar surface area (TPSA) is 141 Å². The monoisotopic (exact) mass is 541 g/mol. The van der Waals surface area contributed by atoms with E-state index in [4.69, 9.17) is 15.2 Å². The van der Waals surface area contributed by atoms with E-state index in [1.807, 2.05) is 58.3 Å². The van der Waals surface area contributed by atoms with Crippen molar-refractivity contribution in [3.05, 3.63) is 48.5 Å². The van der Waals surface area contributed by atoms with Crippen molar-refractivity contribution < 1.29 is 29.3 Å². The van der Waals surface area contributed by atoms with Crippen LogP contribution in [0.25, 0.3) is 0 Å². The minimum atomic E-state index is -0.850. The number of morpholine rings is 2. The van der Waals surface area contributed by atoms with E-state index in [1.165, 1.54) is 0 Å². The molecule has 2 saturated heterocycles. The highest BCUT2D eigenvalue weighted by Gasteiger charge is 2.30. The molecule has 0 amide bonds. The lowest BCUT2D eigenvalue weighted by molar-refractivity contribution is -0.146. The Morgan fingerprint density at radius 1 is 0.769 bits per heavy atom. The van der Waals surface area contributed by atoms with E-state index in [-0.39, 0.29) is 0 Å². The molecule has 2 unspecified atom stereocenters. The minimum Gasteiger partial charge on any atom is -0.480 e. The molecule has 0 bridgehead atoms. The molecule has 2 aromatic rings. The van der Waals surface area contributed by atoms with Gasteiger partial charge in [-0.15, -0.1) is 0 Å². The van der Waals surface area contributed by atoms with E-state index < -0.39 is 24.0 Å². The molecule has 39 heavy (non-hydrogen) atoms. The average Bonchev–Trinajstić information content (AvgIpc) is 2.95. The van der Waals surface area contributed by atoms with Gasteiger partial charge >= 0.3 is 11.9 Å². The van der Waals surface area contributed by atoms with Crippen LogP contribution in [0.1, 0.15) is 12.8 Å². The van der Waals surface area contributed by atoms with E-state index in [2.05, 4.69) is 10.2 Å². The number of ether oxygens (including phenoxy) is 2. The second-order valence-corrected chi connectivity index (χ2v) is 9.86. The Hall–Kier alpha value is -3.38. The smallest absolute Gasteiger partial charge is 0.320 e. The first-order valence-electron chi connectivity index (χ1n) is 13.5. The number of rotatable bonds is 13. The van der Waals surface area contributed by atoms with Crippen molar-refractivity contribution in [1.29, 1.82) is 0 Å². The van der Waals surface area contributed by atoms with Gasteiger partial charge in [0.05, 0.1) is 26.4 Å². The zero-order chi connectivity index (χ0) is 27.6. The fourth-order valence-electron chi connectivity index (χ4n) is 5.12. The van der Waals surface area contributed by atoms with Crippen molar-refractivity contribution in [1.82, 2.24) is 9.80 Å². The Bertz CT molecular complexity index is 1020. The highest BCUT2D eigenvalue weighted by molar-refractivity contribution is 5.74. The number of aliphatic carboxylic acids is 2. The number of hydrogen-bond donors (Lipinski definition) is 4. The summed E-state index contributed by atoms with van der Waals surface area (Å²) in [7, 11) is 0. The van der Waals surface area contributed by atoms with Gasteiger partial charge in [-0.2, -0.15) is 0 Å². The van der Waals surface area contributed by atoms with Crippen molar-refractivity contribution >= 4 is 34.7 Å². The molecule has 5 N–H and O–H groups in total. The molecule has 0 radical (unpaired) electrons. The van der Waals surface area contributed by atoms with Crippen LogP contribution in [0.3, 0.4) is 0 Å².